The Bertz CT molecular complexity index is 734. The van der Waals surface area contributed by atoms with Crippen LogP contribution in [0.4, 0.5) is 0 Å². The van der Waals surface area contributed by atoms with E-state index in [1.807, 2.05) is 7.05 Å². The Kier molecular flexibility index (Phi) is 10.5. The SMILES string of the molecule is CN=C(NCc1ccccc1CN1CC(C)OC(C)C1)N1CCCC(CC(N)=O)C1.I. The van der Waals surface area contributed by atoms with Gasteiger partial charge in [-0.15, -0.1) is 24.0 Å². The summed E-state index contributed by atoms with van der Waals surface area (Å²) in [6.45, 7) is 9.65. The maximum absolute atomic E-state index is 11.3. The van der Waals surface area contributed by atoms with Crippen LogP contribution in [0.25, 0.3) is 0 Å². The van der Waals surface area contributed by atoms with Crippen LogP contribution >= 0.6 is 24.0 Å². The monoisotopic (exact) mass is 543 g/mol. The van der Waals surface area contributed by atoms with Gasteiger partial charge >= 0.3 is 0 Å². The molecule has 2 saturated heterocycles. The molecule has 0 saturated carbocycles. The molecule has 0 spiro atoms. The number of nitrogens with one attached hydrogen (secondary N) is 1. The van der Waals surface area contributed by atoms with Crippen molar-refractivity contribution in [3.8, 4) is 0 Å². The van der Waals surface area contributed by atoms with Gasteiger partial charge in [-0.2, -0.15) is 0 Å². The zero-order valence-corrected chi connectivity index (χ0v) is 21.4. The number of benzene rings is 1. The number of nitrogens with zero attached hydrogens (tertiary/aromatic N) is 3. The maximum atomic E-state index is 11.3. The van der Waals surface area contributed by atoms with Crippen molar-refractivity contribution in [1.29, 1.82) is 0 Å². The summed E-state index contributed by atoms with van der Waals surface area (Å²) >= 11 is 0. The molecule has 2 aliphatic rings. The molecule has 1 aromatic carbocycles. The molecule has 1 amide bonds. The van der Waals surface area contributed by atoms with E-state index in [0.717, 1.165) is 58.1 Å². The Labute approximate surface area is 203 Å². The standard InChI is InChI=1S/C23H37N5O2.HI/c1-17-13-27(14-18(2)30-17)16-21-9-5-4-8-20(21)12-26-23(25-3)28-10-6-7-19(15-28)11-22(24)29;/h4-5,8-9,17-19H,6-7,10-16H2,1-3H3,(H2,24,29)(H,25,26);1H. The van der Waals surface area contributed by atoms with E-state index in [-0.39, 0.29) is 42.1 Å². The van der Waals surface area contributed by atoms with Crippen molar-refractivity contribution >= 4 is 35.8 Å². The molecule has 174 valence electrons. The summed E-state index contributed by atoms with van der Waals surface area (Å²) in [5, 5.41) is 3.54. The fourth-order valence-corrected chi connectivity index (χ4v) is 4.75. The van der Waals surface area contributed by atoms with Gasteiger partial charge in [0.1, 0.15) is 0 Å². The van der Waals surface area contributed by atoms with E-state index in [0.29, 0.717) is 12.3 Å². The number of likely N-dealkylation sites (tertiary alicyclic amines) is 1. The highest BCUT2D eigenvalue weighted by Gasteiger charge is 2.24. The molecule has 0 radical (unpaired) electrons. The summed E-state index contributed by atoms with van der Waals surface area (Å²) in [5.74, 6) is 0.991. The highest BCUT2D eigenvalue weighted by Crippen LogP contribution is 2.20. The Hall–Kier alpha value is -1.39. The second-order valence-corrected chi connectivity index (χ2v) is 8.75. The number of ether oxygens (including phenoxy) is 1. The van der Waals surface area contributed by atoms with E-state index in [4.69, 9.17) is 10.5 Å². The van der Waals surface area contributed by atoms with Crippen molar-refractivity contribution in [1.82, 2.24) is 15.1 Å². The number of carbonyl (C=O) groups excluding carboxylic acids is 1. The number of halogens is 1. The van der Waals surface area contributed by atoms with Crippen molar-refractivity contribution in [2.24, 2.45) is 16.6 Å². The van der Waals surface area contributed by atoms with Gasteiger partial charge in [0.2, 0.25) is 5.91 Å². The van der Waals surface area contributed by atoms with Crippen molar-refractivity contribution in [2.45, 2.75) is 58.4 Å². The molecule has 8 heteroatoms. The zero-order valence-electron chi connectivity index (χ0n) is 19.0. The van der Waals surface area contributed by atoms with Gasteiger partial charge in [-0.3, -0.25) is 14.7 Å². The first-order valence-corrected chi connectivity index (χ1v) is 11.1. The van der Waals surface area contributed by atoms with Crippen LogP contribution in [0.3, 0.4) is 0 Å². The molecule has 2 aliphatic heterocycles. The summed E-state index contributed by atoms with van der Waals surface area (Å²) < 4.78 is 5.87. The van der Waals surface area contributed by atoms with Crippen LogP contribution in [-0.4, -0.2) is 67.1 Å². The number of carbonyl (C=O) groups is 1. The molecule has 1 aromatic rings. The largest absolute Gasteiger partial charge is 0.373 e. The summed E-state index contributed by atoms with van der Waals surface area (Å²) in [4.78, 5) is 20.5. The molecule has 3 rings (SSSR count). The predicted octanol–water partition coefficient (Wildman–Crippen LogP) is 2.58. The molecule has 0 aromatic heterocycles. The van der Waals surface area contributed by atoms with E-state index in [9.17, 15) is 4.79 Å². The van der Waals surface area contributed by atoms with Crippen molar-refractivity contribution < 1.29 is 9.53 Å². The average Bonchev–Trinajstić information content (AvgIpc) is 2.69. The number of morpholine rings is 1. The summed E-state index contributed by atoms with van der Waals surface area (Å²) in [7, 11) is 1.82. The van der Waals surface area contributed by atoms with E-state index < -0.39 is 0 Å². The molecule has 3 atom stereocenters. The minimum Gasteiger partial charge on any atom is -0.373 e. The van der Waals surface area contributed by atoms with E-state index >= 15 is 0 Å². The number of nitrogens with two attached hydrogens (primary N) is 1. The van der Waals surface area contributed by atoms with Crippen LogP contribution in [0, 0.1) is 5.92 Å². The first-order chi connectivity index (χ1) is 14.4. The number of rotatable bonds is 6. The fraction of sp³-hybridized carbons (Fsp3) is 0.652. The summed E-state index contributed by atoms with van der Waals surface area (Å²) in [5.41, 5.74) is 8.04. The first kappa shape index (κ1) is 25.9. The second-order valence-electron chi connectivity index (χ2n) is 8.75. The molecular weight excluding hydrogens is 505 g/mol. The van der Waals surface area contributed by atoms with Crippen LogP contribution in [0.2, 0.25) is 0 Å². The fourth-order valence-electron chi connectivity index (χ4n) is 4.75. The Morgan fingerprint density at radius 1 is 1.19 bits per heavy atom. The summed E-state index contributed by atoms with van der Waals surface area (Å²) in [6, 6.07) is 8.61. The number of primary amides is 1. The molecule has 3 N–H and O–H groups in total. The Balaban J connectivity index is 0.00000341. The summed E-state index contributed by atoms with van der Waals surface area (Å²) in [6.07, 6.45) is 3.10. The number of guanidine groups is 1. The van der Waals surface area contributed by atoms with Crippen LogP contribution < -0.4 is 11.1 Å². The quantitative estimate of drug-likeness (QED) is 0.328. The highest BCUT2D eigenvalue weighted by atomic mass is 127. The molecule has 0 aliphatic carbocycles. The molecule has 3 unspecified atom stereocenters. The minimum atomic E-state index is -0.217. The van der Waals surface area contributed by atoms with Crippen LogP contribution in [-0.2, 0) is 22.6 Å². The molecule has 0 bridgehead atoms. The smallest absolute Gasteiger partial charge is 0.217 e. The van der Waals surface area contributed by atoms with Crippen LogP contribution in [0.15, 0.2) is 29.3 Å². The number of aliphatic imine (C=N–C) groups is 1. The van der Waals surface area contributed by atoms with Crippen LogP contribution in [0.5, 0.6) is 0 Å². The number of piperidine rings is 1. The molecule has 7 nitrogen and oxygen atoms in total. The molecule has 2 fully saturated rings. The van der Waals surface area contributed by atoms with Gasteiger partial charge < -0.3 is 20.7 Å². The van der Waals surface area contributed by atoms with Gasteiger partial charge in [0, 0.05) is 52.7 Å². The van der Waals surface area contributed by atoms with Gasteiger partial charge in [0.05, 0.1) is 12.2 Å². The number of amides is 1. The van der Waals surface area contributed by atoms with Gasteiger partial charge in [0.15, 0.2) is 5.96 Å². The Morgan fingerprint density at radius 2 is 1.87 bits per heavy atom. The van der Waals surface area contributed by atoms with Gasteiger partial charge in [-0.1, -0.05) is 24.3 Å². The van der Waals surface area contributed by atoms with E-state index in [1.54, 1.807) is 0 Å². The van der Waals surface area contributed by atoms with E-state index in [2.05, 4.69) is 58.2 Å². The molecule has 2 heterocycles. The lowest BCUT2D eigenvalue weighted by atomic mass is 9.95. The van der Waals surface area contributed by atoms with Crippen molar-refractivity contribution in [2.75, 3.05) is 33.2 Å². The Morgan fingerprint density at radius 3 is 2.52 bits per heavy atom. The lowest BCUT2D eigenvalue weighted by Crippen LogP contribution is -2.47. The third kappa shape index (κ3) is 7.91. The lowest BCUT2D eigenvalue weighted by molar-refractivity contribution is -0.119. The van der Waals surface area contributed by atoms with Crippen molar-refractivity contribution in [3.05, 3.63) is 35.4 Å². The molecule has 31 heavy (non-hydrogen) atoms. The lowest BCUT2D eigenvalue weighted by Gasteiger charge is -2.36. The zero-order chi connectivity index (χ0) is 21.5. The first-order valence-electron chi connectivity index (χ1n) is 11.1. The third-order valence-corrected chi connectivity index (χ3v) is 5.96. The van der Waals surface area contributed by atoms with Crippen molar-refractivity contribution in [3.63, 3.8) is 0 Å². The number of hydrogen-bond donors (Lipinski definition) is 2. The van der Waals surface area contributed by atoms with E-state index in [1.165, 1.54) is 11.1 Å². The van der Waals surface area contributed by atoms with Crippen LogP contribution in [0.1, 0.15) is 44.2 Å². The molecular formula is C23H38IN5O2. The highest BCUT2D eigenvalue weighted by molar-refractivity contribution is 14.0. The normalized spacial score (nSPS) is 25.1. The number of hydrogen-bond acceptors (Lipinski definition) is 4. The topological polar surface area (TPSA) is 83.2 Å². The van der Waals surface area contributed by atoms with Gasteiger partial charge in [-0.05, 0) is 43.7 Å². The van der Waals surface area contributed by atoms with Gasteiger partial charge in [-0.25, -0.2) is 0 Å². The van der Waals surface area contributed by atoms with Gasteiger partial charge in [0.25, 0.3) is 0 Å². The average molecular weight is 543 g/mol. The third-order valence-electron chi connectivity index (χ3n) is 5.96. The minimum absolute atomic E-state index is 0. The maximum Gasteiger partial charge on any atom is 0.217 e. The predicted molar refractivity (Wildman–Crippen MR) is 135 cm³/mol. The second kappa shape index (κ2) is 12.6.